The molecule has 12 nitrogen and oxygen atoms in total. The Balaban J connectivity index is 1.87. The van der Waals surface area contributed by atoms with Crippen LogP contribution in [0.1, 0.15) is 12.8 Å². The number of nitrogens with zero attached hydrogens (tertiary/aromatic N) is 4. The molecule has 0 radical (unpaired) electrons. The fraction of sp³-hybridized carbons (Fsp3) is 0.450. The third kappa shape index (κ3) is 4.41. The molecule has 2 aliphatic rings. The number of anilines is 1. The van der Waals surface area contributed by atoms with E-state index in [1.807, 2.05) is 11.9 Å². The predicted molar refractivity (Wildman–Crippen MR) is 126 cm³/mol. The summed E-state index contributed by atoms with van der Waals surface area (Å²) in [5, 5.41) is 33.5. The highest BCUT2D eigenvalue weighted by molar-refractivity contribution is 9.10. The molecule has 3 N–H and O–H groups in total. The zero-order chi connectivity index (χ0) is 25.7. The molecule has 2 aromatic rings. The number of ether oxygens (including phenoxy) is 1. The van der Waals surface area contributed by atoms with Crippen LogP contribution in [0.3, 0.4) is 0 Å². The molecule has 1 aromatic carbocycles. The smallest absolute Gasteiger partial charge is 0.407 e. The largest absolute Gasteiger partial charge is 0.479 e. The molecule has 0 aliphatic carbocycles. The maximum Gasteiger partial charge on any atom is 0.407 e. The van der Waals surface area contributed by atoms with Gasteiger partial charge in [-0.1, -0.05) is 11.6 Å². The van der Waals surface area contributed by atoms with Crippen LogP contribution in [0, 0.1) is 15.9 Å². The fourth-order valence-electron chi connectivity index (χ4n) is 4.28. The van der Waals surface area contributed by atoms with E-state index in [0.717, 1.165) is 24.3 Å². The van der Waals surface area contributed by atoms with Crippen molar-refractivity contribution in [3.63, 3.8) is 0 Å². The number of fused-ring (bicyclic) bond motifs is 1. The Morgan fingerprint density at radius 3 is 2.69 bits per heavy atom. The van der Waals surface area contributed by atoms with Crippen molar-refractivity contribution in [3.8, 4) is 5.88 Å². The summed E-state index contributed by atoms with van der Waals surface area (Å²) in [7, 11) is 1.89. The van der Waals surface area contributed by atoms with Gasteiger partial charge >= 0.3 is 17.7 Å². The molecule has 1 aromatic heterocycles. The number of hydrogen-bond donors (Lipinski definition) is 3. The number of likely N-dealkylation sites (tertiary alicyclic amines) is 2. The Morgan fingerprint density at radius 1 is 1.46 bits per heavy atom. The molecule has 15 heteroatoms. The molecule has 35 heavy (non-hydrogen) atoms. The quantitative estimate of drug-likeness (QED) is 0.253. The number of amides is 1. The molecule has 188 valence electrons. The lowest BCUT2D eigenvalue weighted by Gasteiger charge is -2.46. The first-order chi connectivity index (χ1) is 16.4. The molecule has 3 heterocycles. The topological polar surface area (TPSA) is 158 Å². The number of rotatable bonds is 7. The second-order valence-corrected chi connectivity index (χ2v) is 9.72. The van der Waals surface area contributed by atoms with Gasteiger partial charge in [-0.15, -0.1) is 0 Å². The van der Waals surface area contributed by atoms with Crippen molar-refractivity contribution in [2.75, 3.05) is 38.6 Å². The Hall–Kier alpha value is -2.97. The standard InChI is InChI=1S/C20H20BrClFN5O7/c1-26-4-2-3-9(26)6-35-17-16(28(33)34)15(10-5-11(22)12(21)13(23)14(10)24-17)25-20(18(29)30)7-27(8-20)19(31)32/h5,9H,2-4,6-8H2,1H3,(H,24,25)(H,29,30)(H,31,32)/t9-/m0/s1. The first-order valence-electron chi connectivity index (χ1n) is 10.4. The van der Waals surface area contributed by atoms with E-state index in [-0.39, 0.29) is 38.7 Å². The monoisotopic (exact) mass is 575 g/mol. The predicted octanol–water partition coefficient (Wildman–Crippen LogP) is 3.40. The van der Waals surface area contributed by atoms with Crippen LogP contribution in [0.5, 0.6) is 5.88 Å². The SMILES string of the molecule is CN1CCC[C@H]1COc1nc2c(F)c(Br)c(Cl)cc2c(NC2(C(=O)O)CN(C(=O)O)C2)c1[N+](=O)[O-]. The second-order valence-electron chi connectivity index (χ2n) is 8.52. The number of aliphatic carboxylic acids is 1. The maximum atomic E-state index is 15.2. The minimum absolute atomic E-state index is 0.0357. The van der Waals surface area contributed by atoms with Crippen LogP contribution in [0.4, 0.5) is 20.6 Å². The van der Waals surface area contributed by atoms with Gasteiger partial charge in [0.15, 0.2) is 11.4 Å². The number of carbonyl (C=O) groups is 2. The molecule has 1 amide bonds. The number of likely N-dealkylation sites (N-methyl/N-ethyl adjacent to an activating group) is 1. The summed E-state index contributed by atoms with van der Waals surface area (Å²) in [4.78, 5) is 41.6. The Labute approximate surface area is 210 Å². The fourth-order valence-corrected chi connectivity index (χ4v) is 4.78. The van der Waals surface area contributed by atoms with E-state index in [9.17, 15) is 24.8 Å². The number of aromatic nitrogens is 1. The first-order valence-corrected chi connectivity index (χ1v) is 11.6. The van der Waals surface area contributed by atoms with E-state index in [1.54, 1.807) is 0 Å². The number of carboxylic acid groups (broad SMARTS) is 2. The lowest BCUT2D eigenvalue weighted by Crippen LogP contribution is -2.71. The van der Waals surface area contributed by atoms with Gasteiger partial charge < -0.3 is 30.1 Å². The summed E-state index contributed by atoms with van der Waals surface area (Å²) in [6, 6.07) is 1.18. The lowest BCUT2D eigenvalue weighted by atomic mass is 9.89. The van der Waals surface area contributed by atoms with Crippen molar-refractivity contribution in [3.05, 3.63) is 31.5 Å². The highest BCUT2D eigenvalue weighted by Gasteiger charge is 2.53. The van der Waals surface area contributed by atoms with Gasteiger partial charge in [-0.05, 0) is 48.4 Å². The van der Waals surface area contributed by atoms with E-state index in [2.05, 4.69) is 26.2 Å². The number of pyridine rings is 1. The molecule has 4 rings (SSSR count). The van der Waals surface area contributed by atoms with Crippen LogP contribution in [0.2, 0.25) is 5.02 Å². The first kappa shape index (κ1) is 25.1. The van der Waals surface area contributed by atoms with E-state index in [1.165, 1.54) is 6.07 Å². The van der Waals surface area contributed by atoms with Gasteiger partial charge in [0.05, 0.1) is 27.5 Å². The second kappa shape index (κ2) is 9.24. The maximum absolute atomic E-state index is 15.2. The summed E-state index contributed by atoms with van der Waals surface area (Å²) in [5.74, 6) is -2.85. The highest BCUT2D eigenvalue weighted by Crippen LogP contribution is 2.45. The van der Waals surface area contributed by atoms with Crippen LogP contribution in [-0.4, -0.2) is 86.9 Å². The molecule has 2 aliphatic heterocycles. The molecular weight excluding hydrogens is 557 g/mol. The zero-order valence-electron chi connectivity index (χ0n) is 18.3. The van der Waals surface area contributed by atoms with E-state index in [0.29, 0.717) is 0 Å². The van der Waals surface area contributed by atoms with Gasteiger partial charge in [0, 0.05) is 11.4 Å². The highest BCUT2D eigenvalue weighted by atomic mass is 79.9. The molecule has 0 spiro atoms. The number of carboxylic acids is 1. The Bertz CT molecular complexity index is 1240. The molecule has 1 atom stereocenters. The van der Waals surface area contributed by atoms with Gasteiger partial charge in [0.2, 0.25) is 0 Å². The summed E-state index contributed by atoms with van der Waals surface area (Å²) < 4.78 is 20.7. The summed E-state index contributed by atoms with van der Waals surface area (Å²) in [6.45, 7) is -0.110. The number of benzene rings is 1. The van der Waals surface area contributed by atoms with Crippen LogP contribution in [0.25, 0.3) is 10.9 Å². The number of nitrogens with one attached hydrogen (secondary N) is 1. The number of halogens is 3. The van der Waals surface area contributed by atoms with Crippen molar-refractivity contribution in [2.24, 2.45) is 0 Å². The minimum atomic E-state index is -1.89. The van der Waals surface area contributed by atoms with Gasteiger partial charge in [-0.2, -0.15) is 0 Å². The molecule has 0 saturated carbocycles. The minimum Gasteiger partial charge on any atom is -0.479 e. The van der Waals surface area contributed by atoms with Gasteiger partial charge in [-0.25, -0.2) is 19.0 Å². The van der Waals surface area contributed by atoms with Crippen molar-refractivity contribution in [2.45, 2.75) is 24.4 Å². The average Bonchev–Trinajstić information content (AvgIpc) is 3.16. The Kier molecular flexibility index (Phi) is 6.64. The molecule has 0 bridgehead atoms. The molecular formula is C20H20BrClFN5O7. The van der Waals surface area contributed by atoms with Crippen molar-refractivity contribution in [1.29, 1.82) is 0 Å². The molecule has 0 unspecified atom stereocenters. The summed E-state index contributed by atoms with van der Waals surface area (Å²) in [6.07, 6.45) is 0.373. The third-order valence-corrected chi connectivity index (χ3v) is 7.59. The number of hydrogen-bond acceptors (Lipinski definition) is 8. The average molecular weight is 577 g/mol. The van der Waals surface area contributed by atoms with Crippen molar-refractivity contribution in [1.82, 2.24) is 14.8 Å². The van der Waals surface area contributed by atoms with Crippen LogP contribution in [-0.2, 0) is 4.79 Å². The van der Waals surface area contributed by atoms with Gasteiger partial charge in [0.1, 0.15) is 17.8 Å². The van der Waals surface area contributed by atoms with Crippen molar-refractivity contribution >= 4 is 61.9 Å². The van der Waals surface area contributed by atoms with Crippen LogP contribution < -0.4 is 10.1 Å². The van der Waals surface area contributed by atoms with Gasteiger partial charge in [0.25, 0.3) is 5.88 Å². The van der Waals surface area contributed by atoms with Gasteiger partial charge in [-0.3, -0.25) is 10.1 Å². The van der Waals surface area contributed by atoms with E-state index < -0.39 is 53.0 Å². The van der Waals surface area contributed by atoms with E-state index in [4.69, 9.17) is 21.4 Å². The number of nitro groups is 1. The van der Waals surface area contributed by atoms with E-state index >= 15 is 4.39 Å². The zero-order valence-corrected chi connectivity index (χ0v) is 20.6. The molecule has 2 fully saturated rings. The lowest BCUT2D eigenvalue weighted by molar-refractivity contribution is -0.385. The van der Waals surface area contributed by atoms with Crippen LogP contribution in [0.15, 0.2) is 10.5 Å². The summed E-state index contributed by atoms with van der Waals surface area (Å²) >= 11 is 9.11. The molecule has 2 saturated heterocycles. The van der Waals surface area contributed by atoms with Crippen LogP contribution >= 0.6 is 27.5 Å². The van der Waals surface area contributed by atoms with Crippen molar-refractivity contribution < 1.29 is 33.9 Å². The summed E-state index contributed by atoms with van der Waals surface area (Å²) in [5.41, 5.74) is -3.31. The normalized spacial score (nSPS) is 19.4. The Morgan fingerprint density at radius 2 is 2.14 bits per heavy atom. The third-order valence-electron chi connectivity index (χ3n) is 6.29.